The molecule has 6 heteroatoms. The lowest BCUT2D eigenvalue weighted by atomic mass is 10.0. The van der Waals surface area contributed by atoms with Crippen molar-refractivity contribution in [3.8, 4) is 0 Å². The Bertz CT molecular complexity index is 546. The maximum Gasteiger partial charge on any atom is 0.407 e. The summed E-state index contributed by atoms with van der Waals surface area (Å²) in [6.07, 6.45) is 4.07. The molecule has 1 aromatic rings. The molecule has 2 rings (SSSR count). The predicted octanol–water partition coefficient (Wildman–Crippen LogP) is 3.17. The van der Waals surface area contributed by atoms with Gasteiger partial charge in [-0.05, 0) is 46.0 Å². The maximum absolute atomic E-state index is 11.9. The first-order chi connectivity index (χ1) is 11.2. The Hall–Kier alpha value is -1.85. The van der Waals surface area contributed by atoms with Gasteiger partial charge in [0.15, 0.2) is 0 Å². The van der Waals surface area contributed by atoms with E-state index in [-0.39, 0.29) is 12.1 Å². The van der Waals surface area contributed by atoms with Crippen LogP contribution in [-0.2, 0) is 11.2 Å². The maximum atomic E-state index is 11.9. The van der Waals surface area contributed by atoms with E-state index in [0.29, 0.717) is 5.92 Å². The first-order valence-corrected chi connectivity index (χ1v) is 8.78. The van der Waals surface area contributed by atoms with Crippen molar-refractivity contribution in [3.05, 3.63) is 18.1 Å². The average Bonchev–Trinajstić information content (AvgIpc) is 2.45. The Morgan fingerprint density at radius 3 is 2.58 bits per heavy atom. The highest BCUT2D eigenvalue weighted by Gasteiger charge is 2.24. The zero-order valence-electron chi connectivity index (χ0n) is 15.5. The van der Waals surface area contributed by atoms with Gasteiger partial charge in [0.25, 0.3) is 0 Å². The summed E-state index contributed by atoms with van der Waals surface area (Å²) in [7, 11) is 0. The number of hydrogen-bond donors (Lipinski definition) is 1. The molecule has 1 saturated heterocycles. The number of alkyl carbamates (subject to hydrolysis) is 1. The highest BCUT2D eigenvalue weighted by molar-refractivity contribution is 5.68. The zero-order chi connectivity index (χ0) is 17.7. The minimum absolute atomic E-state index is 0.160. The topological polar surface area (TPSA) is 67.4 Å². The summed E-state index contributed by atoms with van der Waals surface area (Å²) in [6.45, 7) is 11.7. The first kappa shape index (κ1) is 18.5. The van der Waals surface area contributed by atoms with Crippen LogP contribution in [0.2, 0.25) is 0 Å². The molecular weight excluding hydrogens is 304 g/mol. The molecule has 1 aromatic heterocycles. The molecule has 0 aromatic carbocycles. The number of rotatable bonds is 4. The van der Waals surface area contributed by atoms with E-state index in [1.54, 1.807) is 6.33 Å². The van der Waals surface area contributed by atoms with Gasteiger partial charge in [0.05, 0.1) is 0 Å². The van der Waals surface area contributed by atoms with Crippen LogP contribution in [0.4, 0.5) is 10.6 Å². The third-order valence-corrected chi connectivity index (χ3v) is 3.87. The quantitative estimate of drug-likeness (QED) is 0.916. The van der Waals surface area contributed by atoms with Gasteiger partial charge in [0.1, 0.15) is 17.7 Å². The Morgan fingerprint density at radius 1 is 1.33 bits per heavy atom. The highest BCUT2D eigenvalue weighted by Crippen LogP contribution is 2.19. The number of nitrogens with one attached hydrogen (secondary N) is 1. The van der Waals surface area contributed by atoms with Gasteiger partial charge in [-0.1, -0.05) is 13.8 Å². The van der Waals surface area contributed by atoms with Crippen LogP contribution >= 0.6 is 0 Å². The fourth-order valence-electron chi connectivity index (χ4n) is 2.82. The molecule has 0 atom stereocenters. The first-order valence-electron chi connectivity index (χ1n) is 8.78. The van der Waals surface area contributed by atoms with Crippen LogP contribution in [0.1, 0.15) is 53.2 Å². The van der Waals surface area contributed by atoms with Crippen molar-refractivity contribution in [2.75, 3.05) is 18.0 Å². The number of carbonyl (C=O) groups is 1. The fourth-order valence-corrected chi connectivity index (χ4v) is 2.82. The van der Waals surface area contributed by atoms with Crippen molar-refractivity contribution in [1.29, 1.82) is 0 Å². The summed E-state index contributed by atoms with van der Waals surface area (Å²) in [5, 5.41) is 2.96. The van der Waals surface area contributed by atoms with Crippen molar-refractivity contribution in [1.82, 2.24) is 15.3 Å². The van der Waals surface area contributed by atoms with Gasteiger partial charge in [0.2, 0.25) is 0 Å². The summed E-state index contributed by atoms with van der Waals surface area (Å²) in [5.74, 6) is 1.56. The second-order valence-electron chi connectivity index (χ2n) is 7.87. The Balaban J connectivity index is 1.85. The molecule has 1 amide bonds. The van der Waals surface area contributed by atoms with Gasteiger partial charge in [0, 0.05) is 30.9 Å². The number of piperidine rings is 1. The summed E-state index contributed by atoms with van der Waals surface area (Å²) >= 11 is 0. The van der Waals surface area contributed by atoms with Gasteiger partial charge < -0.3 is 15.0 Å². The van der Waals surface area contributed by atoms with Crippen LogP contribution in [0.15, 0.2) is 12.4 Å². The van der Waals surface area contributed by atoms with Crippen LogP contribution in [0.3, 0.4) is 0 Å². The van der Waals surface area contributed by atoms with Crippen molar-refractivity contribution in [3.63, 3.8) is 0 Å². The van der Waals surface area contributed by atoms with Gasteiger partial charge in [-0.25, -0.2) is 14.8 Å². The van der Waals surface area contributed by atoms with E-state index < -0.39 is 5.60 Å². The summed E-state index contributed by atoms with van der Waals surface area (Å²) in [5.41, 5.74) is 0.627. The molecule has 0 unspecified atom stereocenters. The lowest BCUT2D eigenvalue weighted by molar-refractivity contribution is 0.0497. The molecule has 0 radical (unpaired) electrons. The standard InChI is InChI=1S/C18H30N4O2/c1-13(2)10-15-11-16(20-12-19-15)22-8-6-14(7-9-22)21-17(23)24-18(3,4)5/h11-14H,6-10H2,1-5H3,(H,21,23). The molecule has 24 heavy (non-hydrogen) atoms. The molecule has 1 aliphatic rings. The molecule has 1 fully saturated rings. The lowest BCUT2D eigenvalue weighted by Crippen LogP contribution is -2.46. The van der Waals surface area contributed by atoms with E-state index in [1.165, 1.54) is 0 Å². The van der Waals surface area contributed by atoms with Crippen LogP contribution in [0.25, 0.3) is 0 Å². The summed E-state index contributed by atoms with van der Waals surface area (Å²) < 4.78 is 5.32. The van der Waals surface area contributed by atoms with Crippen LogP contribution in [-0.4, -0.2) is 40.8 Å². The van der Waals surface area contributed by atoms with Gasteiger partial charge >= 0.3 is 6.09 Å². The van der Waals surface area contributed by atoms with Crippen molar-refractivity contribution < 1.29 is 9.53 Å². The largest absolute Gasteiger partial charge is 0.444 e. The van der Waals surface area contributed by atoms with E-state index in [1.807, 2.05) is 20.8 Å². The van der Waals surface area contributed by atoms with Crippen molar-refractivity contribution in [2.24, 2.45) is 5.92 Å². The fraction of sp³-hybridized carbons (Fsp3) is 0.722. The number of ether oxygens (including phenoxy) is 1. The number of amides is 1. The van der Waals surface area contributed by atoms with E-state index in [9.17, 15) is 4.79 Å². The zero-order valence-corrected chi connectivity index (χ0v) is 15.5. The molecular formula is C18H30N4O2. The molecule has 6 nitrogen and oxygen atoms in total. The Kier molecular flexibility index (Phi) is 6.02. The molecule has 0 saturated carbocycles. The summed E-state index contributed by atoms with van der Waals surface area (Å²) in [6, 6.07) is 2.25. The van der Waals surface area contributed by atoms with Crippen molar-refractivity contribution >= 4 is 11.9 Å². The minimum Gasteiger partial charge on any atom is -0.444 e. The number of hydrogen-bond acceptors (Lipinski definition) is 5. The van der Waals surface area contributed by atoms with Gasteiger partial charge in [-0.2, -0.15) is 0 Å². The molecule has 134 valence electrons. The average molecular weight is 334 g/mol. The lowest BCUT2D eigenvalue weighted by Gasteiger charge is -2.33. The van der Waals surface area contributed by atoms with E-state index in [4.69, 9.17) is 4.74 Å². The van der Waals surface area contributed by atoms with Gasteiger partial charge in [-0.3, -0.25) is 0 Å². The molecule has 0 spiro atoms. The molecule has 1 N–H and O–H groups in total. The predicted molar refractivity (Wildman–Crippen MR) is 95.2 cm³/mol. The van der Waals surface area contributed by atoms with Crippen molar-refractivity contribution in [2.45, 2.75) is 65.5 Å². The monoisotopic (exact) mass is 334 g/mol. The second-order valence-corrected chi connectivity index (χ2v) is 7.87. The Labute approximate surface area is 145 Å². The smallest absolute Gasteiger partial charge is 0.407 e. The molecule has 2 heterocycles. The third-order valence-electron chi connectivity index (χ3n) is 3.87. The van der Waals surface area contributed by atoms with Crippen LogP contribution in [0, 0.1) is 5.92 Å². The number of aromatic nitrogens is 2. The van der Waals surface area contributed by atoms with E-state index >= 15 is 0 Å². The Morgan fingerprint density at radius 2 is 2.00 bits per heavy atom. The van der Waals surface area contributed by atoms with Crippen LogP contribution < -0.4 is 10.2 Å². The van der Waals surface area contributed by atoms with E-state index in [2.05, 4.69) is 40.1 Å². The number of carbonyl (C=O) groups excluding carboxylic acids is 1. The molecule has 0 aliphatic carbocycles. The molecule has 0 bridgehead atoms. The highest BCUT2D eigenvalue weighted by atomic mass is 16.6. The third kappa shape index (κ3) is 5.98. The SMILES string of the molecule is CC(C)Cc1cc(N2CCC(NC(=O)OC(C)(C)C)CC2)ncn1. The van der Waals surface area contributed by atoms with E-state index in [0.717, 1.165) is 43.9 Å². The normalized spacial score (nSPS) is 16.3. The summed E-state index contributed by atoms with van der Waals surface area (Å²) in [4.78, 5) is 22.9. The minimum atomic E-state index is -0.460. The number of anilines is 1. The number of nitrogens with zero attached hydrogens (tertiary/aromatic N) is 3. The van der Waals surface area contributed by atoms with Gasteiger partial charge in [-0.15, -0.1) is 0 Å². The molecule has 1 aliphatic heterocycles. The second kappa shape index (κ2) is 7.81. The van der Waals surface area contributed by atoms with Crippen LogP contribution in [0.5, 0.6) is 0 Å².